The summed E-state index contributed by atoms with van der Waals surface area (Å²) in [7, 11) is 0. The van der Waals surface area contributed by atoms with E-state index in [1.54, 1.807) is 17.0 Å². The van der Waals surface area contributed by atoms with Crippen molar-refractivity contribution in [2.75, 3.05) is 26.3 Å². The molecule has 1 fully saturated rings. The molecule has 6 heteroatoms. The molecular weight excluding hydrogens is 316 g/mol. The van der Waals surface area contributed by atoms with Crippen LogP contribution in [0, 0.1) is 0 Å². The number of benzene rings is 1. The molecule has 0 spiro atoms. The molecule has 0 unspecified atom stereocenters. The van der Waals surface area contributed by atoms with Gasteiger partial charge in [0.2, 0.25) is 0 Å². The third-order valence-corrected chi connectivity index (χ3v) is 4.09. The van der Waals surface area contributed by atoms with Crippen LogP contribution in [-0.4, -0.2) is 43.2 Å². The number of ether oxygens (including phenoxy) is 2. The molecule has 0 aliphatic carbocycles. The molecule has 1 heterocycles. The fourth-order valence-electron chi connectivity index (χ4n) is 2.57. The Morgan fingerprint density at radius 2 is 2.17 bits per heavy atom. The van der Waals surface area contributed by atoms with E-state index in [1.165, 1.54) is 0 Å². The van der Waals surface area contributed by atoms with E-state index >= 15 is 0 Å². The van der Waals surface area contributed by atoms with Crippen LogP contribution in [0.1, 0.15) is 43.5 Å². The van der Waals surface area contributed by atoms with E-state index in [0.29, 0.717) is 48.4 Å². The van der Waals surface area contributed by atoms with Gasteiger partial charge in [0.25, 0.3) is 5.91 Å². The van der Waals surface area contributed by atoms with E-state index < -0.39 is 0 Å². The average molecular weight is 341 g/mol. The minimum atomic E-state index is -0.0686. The Kier molecular flexibility index (Phi) is 6.54. The van der Waals surface area contributed by atoms with E-state index in [2.05, 4.69) is 6.92 Å². The summed E-state index contributed by atoms with van der Waals surface area (Å²) < 4.78 is 11.4. The standard InChI is InChI=1S/C17H25ClN2O3/c1-3-5-8-23-16-14(18)9-12(10-15(16)22-4-2)17(21)20-7-6-13(19)11-20/h9-10,13H,3-8,11,19H2,1-2H3/t13-/m1/s1. The maximum atomic E-state index is 12.6. The van der Waals surface area contributed by atoms with Crippen molar-refractivity contribution in [1.82, 2.24) is 4.90 Å². The summed E-state index contributed by atoms with van der Waals surface area (Å²) in [5.74, 6) is 0.959. The number of unbranched alkanes of at least 4 members (excludes halogenated alkanes) is 1. The fraction of sp³-hybridized carbons (Fsp3) is 0.588. The first kappa shape index (κ1) is 17.9. The molecule has 2 rings (SSSR count). The number of amides is 1. The Morgan fingerprint density at radius 1 is 1.39 bits per heavy atom. The fourth-order valence-corrected chi connectivity index (χ4v) is 2.83. The molecule has 1 atom stereocenters. The molecule has 1 amide bonds. The normalized spacial score (nSPS) is 17.4. The summed E-state index contributed by atoms with van der Waals surface area (Å²) >= 11 is 6.33. The Balaban J connectivity index is 2.22. The highest BCUT2D eigenvalue weighted by Gasteiger charge is 2.26. The number of hydrogen-bond acceptors (Lipinski definition) is 4. The van der Waals surface area contributed by atoms with Crippen molar-refractivity contribution in [1.29, 1.82) is 0 Å². The van der Waals surface area contributed by atoms with Crippen LogP contribution in [0.25, 0.3) is 0 Å². The lowest BCUT2D eigenvalue weighted by molar-refractivity contribution is 0.0790. The maximum Gasteiger partial charge on any atom is 0.254 e. The van der Waals surface area contributed by atoms with Gasteiger partial charge in [-0.05, 0) is 31.9 Å². The van der Waals surface area contributed by atoms with Gasteiger partial charge in [-0.15, -0.1) is 0 Å². The number of nitrogens with zero attached hydrogens (tertiary/aromatic N) is 1. The van der Waals surface area contributed by atoms with Gasteiger partial charge in [0.15, 0.2) is 11.5 Å². The quantitative estimate of drug-likeness (QED) is 0.775. The van der Waals surface area contributed by atoms with Crippen LogP contribution in [0.15, 0.2) is 12.1 Å². The van der Waals surface area contributed by atoms with Gasteiger partial charge in [0.1, 0.15) is 0 Å². The number of carbonyl (C=O) groups excluding carboxylic acids is 1. The molecule has 1 saturated heterocycles. The minimum absolute atomic E-state index is 0.0532. The summed E-state index contributed by atoms with van der Waals surface area (Å²) in [5, 5.41) is 0.402. The van der Waals surface area contributed by atoms with Crippen molar-refractivity contribution in [3.63, 3.8) is 0 Å². The number of carbonyl (C=O) groups is 1. The molecule has 23 heavy (non-hydrogen) atoms. The first-order valence-electron chi connectivity index (χ1n) is 8.20. The molecular formula is C17H25ClN2O3. The number of hydrogen-bond donors (Lipinski definition) is 1. The largest absolute Gasteiger partial charge is 0.490 e. The molecule has 1 aliphatic heterocycles. The van der Waals surface area contributed by atoms with Gasteiger partial charge < -0.3 is 20.1 Å². The molecule has 0 saturated carbocycles. The molecule has 1 aromatic carbocycles. The lowest BCUT2D eigenvalue weighted by Crippen LogP contribution is -2.31. The van der Waals surface area contributed by atoms with Gasteiger partial charge in [-0.25, -0.2) is 0 Å². The van der Waals surface area contributed by atoms with Gasteiger partial charge in [-0.3, -0.25) is 4.79 Å². The Hall–Kier alpha value is -1.46. The second kappa shape index (κ2) is 8.41. The second-order valence-corrected chi connectivity index (χ2v) is 6.13. The van der Waals surface area contributed by atoms with Gasteiger partial charge in [0, 0.05) is 24.7 Å². The molecule has 128 valence electrons. The highest BCUT2D eigenvalue weighted by molar-refractivity contribution is 6.32. The minimum Gasteiger partial charge on any atom is -0.490 e. The summed E-state index contributed by atoms with van der Waals surface area (Å²) in [4.78, 5) is 14.3. The third kappa shape index (κ3) is 4.52. The van der Waals surface area contributed by atoms with E-state index in [-0.39, 0.29) is 11.9 Å². The lowest BCUT2D eigenvalue weighted by Gasteiger charge is -2.18. The number of likely N-dealkylation sites (tertiary alicyclic amines) is 1. The maximum absolute atomic E-state index is 12.6. The Labute approximate surface area is 142 Å². The van der Waals surface area contributed by atoms with Crippen molar-refractivity contribution in [2.45, 2.75) is 39.2 Å². The molecule has 0 bridgehead atoms. The summed E-state index contributed by atoms with van der Waals surface area (Å²) in [5.41, 5.74) is 6.39. The zero-order valence-electron chi connectivity index (χ0n) is 13.8. The van der Waals surface area contributed by atoms with Crippen LogP contribution >= 0.6 is 11.6 Å². The first-order chi connectivity index (χ1) is 11.1. The number of nitrogens with two attached hydrogens (primary N) is 1. The summed E-state index contributed by atoms with van der Waals surface area (Å²) in [6, 6.07) is 3.41. The van der Waals surface area contributed by atoms with Crippen molar-refractivity contribution in [3.05, 3.63) is 22.7 Å². The van der Waals surface area contributed by atoms with E-state index in [4.69, 9.17) is 26.8 Å². The van der Waals surface area contributed by atoms with Crippen LogP contribution in [0.2, 0.25) is 5.02 Å². The molecule has 0 aromatic heterocycles. The van der Waals surface area contributed by atoms with Gasteiger partial charge in [-0.2, -0.15) is 0 Å². The van der Waals surface area contributed by atoms with Gasteiger partial charge in [-0.1, -0.05) is 24.9 Å². The molecule has 1 aliphatic rings. The van der Waals surface area contributed by atoms with Crippen LogP contribution < -0.4 is 15.2 Å². The zero-order valence-corrected chi connectivity index (χ0v) is 14.6. The number of halogens is 1. The predicted molar refractivity (Wildman–Crippen MR) is 91.5 cm³/mol. The van der Waals surface area contributed by atoms with Crippen LogP contribution in [-0.2, 0) is 0 Å². The first-order valence-corrected chi connectivity index (χ1v) is 8.58. The van der Waals surface area contributed by atoms with Gasteiger partial charge in [0.05, 0.1) is 18.2 Å². The van der Waals surface area contributed by atoms with E-state index in [0.717, 1.165) is 19.3 Å². The van der Waals surface area contributed by atoms with Crippen molar-refractivity contribution in [3.8, 4) is 11.5 Å². The van der Waals surface area contributed by atoms with Crippen molar-refractivity contribution >= 4 is 17.5 Å². The molecule has 2 N–H and O–H groups in total. The molecule has 0 radical (unpaired) electrons. The van der Waals surface area contributed by atoms with Crippen molar-refractivity contribution < 1.29 is 14.3 Å². The highest BCUT2D eigenvalue weighted by Crippen LogP contribution is 2.37. The number of rotatable bonds is 7. The smallest absolute Gasteiger partial charge is 0.254 e. The predicted octanol–water partition coefficient (Wildman–Crippen LogP) is 3.09. The average Bonchev–Trinajstić information content (AvgIpc) is 2.95. The molecule has 5 nitrogen and oxygen atoms in total. The van der Waals surface area contributed by atoms with E-state index in [9.17, 15) is 4.79 Å². The highest BCUT2D eigenvalue weighted by atomic mass is 35.5. The van der Waals surface area contributed by atoms with Crippen molar-refractivity contribution in [2.24, 2.45) is 5.73 Å². The lowest BCUT2D eigenvalue weighted by atomic mass is 10.1. The summed E-state index contributed by atoms with van der Waals surface area (Å²) in [6.07, 6.45) is 2.80. The topological polar surface area (TPSA) is 64.8 Å². The molecule has 1 aromatic rings. The van der Waals surface area contributed by atoms with E-state index in [1.807, 2.05) is 6.92 Å². The second-order valence-electron chi connectivity index (χ2n) is 5.72. The van der Waals surface area contributed by atoms with Crippen LogP contribution in [0.4, 0.5) is 0 Å². The summed E-state index contributed by atoms with van der Waals surface area (Å²) in [6.45, 7) is 6.29. The SMILES string of the molecule is CCCCOc1c(Cl)cc(C(=O)N2CC[C@@H](N)C2)cc1OCC. The Morgan fingerprint density at radius 3 is 2.78 bits per heavy atom. The van der Waals surface area contributed by atoms with Gasteiger partial charge >= 0.3 is 0 Å². The van der Waals surface area contributed by atoms with Crippen LogP contribution in [0.3, 0.4) is 0 Å². The zero-order chi connectivity index (χ0) is 16.8. The monoisotopic (exact) mass is 340 g/mol. The third-order valence-electron chi connectivity index (χ3n) is 3.81. The van der Waals surface area contributed by atoms with Crippen LogP contribution in [0.5, 0.6) is 11.5 Å². The Bertz CT molecular complexity index is 551.